The fourth-order valence-electron chi connectivity index (χ4n) is 4.52. The lowest BCUT2D eigenvalue weighted by Crippen LogP contribution is -2.39. The molecule has 2 aliphatic heterocycles. The number of H-pyrrole nitrogens is 1. The summed E-state index contributed by atoms with van der Waals surface area (Å²) in [5.41, 5.74) is 1.85. The van der Waals surface area contributed by atoms with Gasteiger partial charge in [-0.3, -0.25) is 4.79 Å². The van der Waals surface area contributed by atoms with Gasteiger partial charge in [0.15, 0.2) is 0 Å². The van der Waals surface area contributed by atoms with Gasteiger partial charge in [-0.2, -0.15) is 0 Å². The number of pyridine rings is 1. The molecule has 1 unspecified atom stereocenters. The van der Waals surface area contributed by atoms with Gasteiger partial charge >= 0.3 is 0 Å². The molecule has 2 fully saturated rings. The van der Waals surface area contributed by atoms with Gasteiger partial charge in [-0.15, -0.1) is 0 Å². The molecule has 2 aliphatic rings. The molecule has 2 aromatic rings. The number of aromatic amines is 1. The van der Waals surface area contributed by atoms with Gasteiger partial charge in [-0.05, 0) is 30.9 Å². The summed E-state index contributed by atoms with van der Waals surface area (Å²) in [6, 6.07) is 8.71. The summed E-state index contributed by atoms with van der Waals surface area (Å²) in [5, 5.41) is 0. The van der Waals surface area contributed by atoms with Crippen LogP contribution >= 0.6 is 0 Å². The van der Waals surface area contributed by atoms with Gasteiger partial charge in [0.2, 0.25) is 0 Å². The summed E-state index contributed by atoms with van der Waals surface area (Å²) in [7, 11) is 1.58. The van der Waals surface area contributed by atoms with E-state index >= 15 is 0 Å². The zero-order chi connectivity index (χ0) is 20.9. The van der Waals surface area contributed by atoms with E-state index < -0.39 is 0 Å². The number of rotatable bonds is 5. The third-order valence-electron chi connectivity index (χ3n) is 6.08. The number of nitrogens with zero attached hydrogens (tertiary/aromatic N) is 2. The van der Waals surface area contributed by atoms with Crippen LogP contribution in [0.15, 0.2) is 35.1 Å². The Kier molecular flexibility index (Phi) is 6.57. The second-order valence-electron chi connectivity index (χ2n) is 8.04. The summed E-state index contributed by atoms with van der Waals surface area (Å²) >= 11 is 0. The van der Waals surface area contributed by atoms with Crippen LogP contribution in [0.1, 0.15) is 31.2 Å². The van der Waals surface area contributed by atoms with Crippen molar-refractivity contribution in [2.45, 2.75) is 38.1 Å². The molecule has 0 spiro atoms. The molecule has 3 heterocycles. The highest BCUT2D eigenvalue weighted by molar-refractivity contribution is 5.56. The molecule has 7 heteroatoms. The Labute approximate surface area is 176 Å². The number of methoxy groups -OCH3 is 1. The lowest BCUT2D eigenvalue weighted by Gasteiger charge is -2.34. The summed E-state index contributed by atoms with van der Waals surface area (Å²) < 4.78 is 24.5. The quantitative estimate of drug-likeness (QED) is 0.812. The first-order valence-electron chi connectivity index (χ1n) is 10.8. The molecule has 4 rings (SSSR count). The van der Waals surface area contributed by atoms with Crippen molar-refractivity contribution in [2.75, 3.05) is 49.8 Å². The number of halogens is 1. The molecule has 2 saturated heterocycles. The molecule has 1 atom stereocenters. The minimum absolute atomic E-state index is 0.0867. The first kappa shape index (κ1) is 20.7. The van der Waals surface area contributed by atoms with Crippen molar-refractivity contribution in [3.8, 4) is 5.75 Å². The fourth-order valence-corrected chi connectivity index (χ4v) is 4.52. The SMILES string of the molecule is COc1cc(F)ccc1CC1CCCCCN1c1cc(N2CCOCC2)cc(=O)[nH]1. The summed E-state index contributed by atoms with van der Waals surface area (Å²) in [4.78, 5) is 20.1. The normalized spacial score (nSPS) is 20.1. The van der Waals surface area contributed by atoms with Crippen LogP contribution in [0.3, 0.4) is 0 Å². The van der Waals surface area contributed by atoms with E-state index in [1.54, 1.807) is 13.2 Å². The Morgan fingerprint density at radius 3 is 2.77 bits per heavy atom. The van der Waals surface area contributed by atoms with Crippen molar-refractivity contribution < 1.29 is 13.9 Å². The van der Waals surface area contributed by atoms with Crippen molar-refractivity contribution in [1.29, 1.82) is 0 Å². The number of ether oxygens (including phenoxy) is 2. The van der Waals surface area contributed by atoms with Crippen LogP contribution in [0, 0.1) is 5.82 Å². The highest BCUT2D eigenvalue weighted by Gasteiger charge is 2.25. The molecule has 6 nitrogen and oxygen atoms in total. The molecule has 1 aromatic heterocycles. The fraction of sp³-hybridized carbons (Fsp3) is 0.522. The zero-order valence-corrected chi connectivity index (χ0v) is 17.5. The largest absolute Gasteiger partial charge is 0.496 e. The maximum absolute atomic E-state index is 13.6. The van der Waals surface area contributed by atoms with Gasteiger partial charge in [-0.1, -0.05) is 18.9 Å². The maximum Gasteiger partial charge on any atom is 0.251 e. The van der Waals surface area contributed by atoms with E-state index in [9.17, 15) is 9.18 Å². The molecule has 0 bridgehead atoms. The van der Waals surface area contributed by atoms with E-state index in [-0.39, 0.29) is 17.4 Å². The van der Waals surface area contributed by atoms with E-state index in [1.807, 2.05) is 6.07 Å². The number of benzene rings is 1. The predicted octanol–water partition coefficient (Wildman–Crippen LogP) is 3.35. The Morgan fingerprint density at radius 2 is 1.97 bits per heavy atom. The second kappa shape index (κ2) is 9.51. The zero-order valence-electron chi connectivity index (χ0n) is 17.5. The second-order valence-corrected chi connectivity index (χ2v) is 8.04. The van der Waals surface area contributed by atoms with Crippen LogP contribution in [-0.4, -0.2) is 51.0 Å². The van der Waals surface area contributed by atoms with Crippen molar-refractivity contribution in [2.24, 2.45) is 0 Å². The smallest absolute Gasteiger partial charge is 0.251 e. The van der Waals surface area contributed by atoms with Crippen LogP contribution in [-0.2, 0) is 11.2 Å². The van der Waals surface area contributed by atoms with E-state index in [0.717, 1.165) is 62.4 Å². The van der Waals surface area contributed by atoms with Crippen molar-refractivity contribution in [3.05, 3.63) is 52.1 Å². The van der Waals surface area contributed by atoms with Crippen LogP contribution in [0.5, 0.6) is 5.75 Å². The highest BCUT2D eigenvalue weighted by Crippen LogP contribution is 2.30. The number of hydrogen-bond acceptors (Lipinski definition) is 5. The molecule has 1 N–H and O–H groups in total. The van der Waals surface area contributed by atoms with Crippen molar-refractivity contribution >= 4 is 11.5 Å². The van der Waals surface area contributed by atoms with Crippen molar-refractivity contribution in [3.63, 3.8) is 0 Å². The molecular formula is C23H30FN3O3. The third kappa shape index (κ3) is 4.78. The monoisotopic (exact) mass is 415 g/mol. The Morgan fingerprint density at radius 1 is 1.13 bits per heavy atom. The Bertz CT molecular complexity index is 911. The average molecular weight is 416 g/mol. The van der Waals surface area contributed by atoms with Gasteiger partial charge in [0.25, 0.3) is 5.56 Å². The number of hydrogen-bond donors (Lipinski definition) is 1. The summed E-state index contributed by atoms with van der Waals surface area (Å²) in [6.07, 6.45) is 5.15. The number of morpholine rings is 1. The molecule has 1 aromatic carbocycles. The summed E-state index contributed by atoms with van der Waals surface area (Å²) in [5.74, 6) is 1.14. The maximum atomic E-state index is 13.6. The highest BCUT2D eigenvalue weighted by atomic mass is 19.1. The summed E-state index contributed by atoms with van der Waals surface area (Å²) in [6.45, 7) is 3.83. The lowest BCUT2D eigenvalue weighted by molar-refractivity contribution is 0.122. The number of aromatic nitrogens is 1. The van der Waals surface area contributed by atoms with Crippen molar-refractivity contribution in [1.82, 2.24) is 4.98 Å². The van der Waals surface area contributed by atoms with E-state index in [1.165, 1.54) is 18.6 Å². The molecule has 0 radical (unpaired) electrons. The van der Waals surface area contributed by atoms with E-state index in [2.05, 4.69) is 20.9 Å². The van der Waals surface area contributed by atoms with Gasteiger partial charge in [0, 0.05) is 49.6 Å². The minimum atomic E-state index is -0.295. The topological polar surface area (TPSA) is 57.8 Å². The number of anilines is 2. The van der Waals surface area contributed by atoms with Gasteiger partial charge in [0.1, 0.15) is 17.4 Å². The average Bonchev–Trinajstić information content (AvgIpc) is 3.00. The molecule has 0 aliphatic carbocycles. The molecule has 0 amide bonds. The molecule has 0 saturated carbocycles. The number of nitrogens with one attached hydrogen (secondary N) is 1. The Balaban J connectivity index is 1.63. The Hall–Kier alpha value is -2.54. The molecule has 162 valence electrons. The predicted molar refractivity (Wildman–Crippen MR) is 116 cm³/mol. The standard InChI is InChI=1S/C23H30FN3O3/c1-29-21-14-18(24)7-6-17(21)13-19-5-3-2-4-8-27(19)22-15-20(16-23(28)25-22)26-9-11-30-12-10-26/h6-7,14-16,19H,2-5,8-13H2,1H3,(H,25,28). The lowest BCUT2D eigenvalue weighted by atomic mass is 9.99. The molecular weight excluding hydrogens is 385 g/mol. The van der Waals surface area contributed by atoms with Crippen LogP contribution in [0.25, 0.3) is 0 Å². The minimum Gasteiger partial charge on any atom is -0.496 e. The van der Waals surface area contributed by atoms with Crippen LogP contribution < -0.4 is 20.1 Å². The van der Waals surface area contributed by atoms with E-state index in [0.29, 0.717) is 19.0 Å². The van der Waals surface area contributed by atoms with Gasteiger partial charge in [0.05, 0.1) is 20.3 Å². The third-order valence-corrected chi connectivity index (χ3v) is 6.08. The first-order chi connectivity index (χ1) is 14.6. The van der Waals surface area contributed by atoms with Gasteiger partial charge < -0.3 is 24.3 Å². The van der Waals surface area contributed by atoms with Gasteiger partial charge in [-0.25, -0.2) is 4.39 Å². The first-order valence-corrected chi connectivity index (χ1v) is 10.8. The van der Waals surface area contributed by atoms with Crippen LogP contribution in [0.2, 0.25) is 0 Å². The van der Waals surface area contributed by atoms with Crippen LogP contribution in [0.4, 0.5) is 15.9 Å². The van der Waals surface area contributed by atoms with E-state index in [4.69, 9.17) is 9.47 Å². The molecule has 30 heavy (non-hydrogen) atoms.